The maximum absolute atomic E-state index is 11.8. The van der Waals surface area contributed by atoms with E-state index in [1.165, 1.54) is 6.08 Å². The van der Waals surface area contributed by atoms with Crippen LogP contribution in [-0.4, -0.2) is 31.3 Å². The molecule has 0 unspecified atom stereocenters. The molecule has 0 bridgehead atoms. The van der Waals surface area contributed by atoms with Crippen molar-refractivity contribution in [2.45, 2.75) is 0 Å². The predicted octanol–water partition coefficient (Wildman–Crippen LogP) is 2.49. The van der Waals surface area contributed by atoms with Gasteiger partial charge in [-0.25, -0.2) is 0 Å². The van der Waals surface area contributed by atoms with Crippen LogP contribution in [-0.2, 0) is 9.53 Å². The van der Waals surface area contributed by atoms with Gasteiger partial charge in [-0.3, -0.25) is 10.1 Å². The van der Waals surface area contributed by atoms with Gasteiger partial charge < -0.3 is 10.1 Å². The van der Waals surface area contributed by atoms with E-state index in [4.69, 9.17) is 17.0 Å². The van der Waals surface area contributed by atoms with Crippen molar-refractivity contribution >= 4 is 40.1 Å². The maximum Gasteiger partial charge on any atom is 0.250 e. The molecule has 0 aliphatic carbocycles. The fraction of sp³-hybridized carbons (Fsp3) is 0.176. The van der Waals surface area contributed by atoms with Gasteiger partial charge in [0.2, 0.25) is 5.91 Å². The van der Waals surface area contributed by atoms with Gasteiger partial charge in [0.1, 0.15) is 0 Å². The molecule has 114 valence electrons. The molecule has 2 aromatic carbocycles. The first-order valence-corrected chi connectivity index (χ1v) is 7.35. The van der Waals surface area contributed by atoms with E-state index < -0.39 is 0 Å². The van der Waals surface area contributed by atoms with E-state index in [1.54, 1.807) is 13.2 Å². The van der Waals surface area contributed by atoms with Crippen LogP contribution in [0.5, 0.6) is 0 Å². The topological polar surface area (TPSA) is 50.4 Å². The van der Waals surface area contributed by atoms with Crippen molar-refractivity contribution in [3.8, 4) is 0 Å². The van der Waals surface area contributed by atoms with Crippen LogP contribution in [0, 0.1) is 0 Å². The SMILES string of the molecule is COCCNC(=S)NC(=O)C=Cc1cccc2ccccc12. The molecule has 2 N–H and O–H groups in total. The molecule has 0 spiro atoms. The summed E-state index contributed by atoms with van der Waals surface area (Å²) in [4.78, 5) is 11.8. The summed E-state index contributed by atoms with van der Waals surface area (Å²) in [5.41, 5.74) is 0.992. The fourth-order valence-corrected chi connectivity index (χ4v) is 2.23. The summed E-state index contributed by atoms with van der Waals surface area (Å²) >= 11 is 5.02. The second-order valence-electron chi connectivity index (χ2n) is 4.64. The number of nitrogens with one attached hydrogen (secondary N) is 2. The molecule has 0 aliphatic rings. The molecule has 4 nitrogen and oxygen atoms in total. The van der Waals surface area contributed by atoms with Crippen molar-refractivity contribution in [2.75, 3.05) is 20.3 Å². The Balaban J connectivity index is 1.98. The fourth-order valence-electron chi connectivity index (χ4n) is 2.03. The first kappa shape index (κ1) is 16.1. The Hall–Kier alpha value is -2.24. The molecule has 5 heteroatoms. The number of carbonyl (C=O) groups excluding carboxylic acids is 1. The zero-order valence-corrected chi connectivity index (χ0v) is 13.2. The average Bonchev–Trinajstić information content (AvgIpc) is 2.53. The summed E-state index contributed by atoms with van der Waals surface area (Å²) < 4.78 is 4.89. The van der Waals surface area contributed by atoms with Crippen LogP contribution in [0.25, 0.3) is 16.8 Å². The van der Waals surface area contributed by atoms with Crippen LogP contribution in [0.1, 0.15) is 5.56 Å². The third kappa shape index (κ3) is 4.65. The van der Waals surface area contributed by atoms with E-state index in [0.717, 1.165) is 16.3 Å². The van der Waals surface area contributed by atoms with Crippen LogP contribution in [0.2, 0.25) is 0 Å². The van der Waals surface area contributed by atoms with Crippen LogP contribution < -0.4 is 10.6 Å². The molecule has 0 saturated heterocycles. The molecule has 0 radical (unpaired) electrons. The zero-order chi connectivity index (χ0) is 15.8. The third-order valence-corrected chi connectivity index (χ3v) is 3.31. The van der Waals surface area contributed by atoms with Crippen molar-refractivity contribution in [1.82, 2.24) is 10.6 Å². The molecule has 2 aromatic rings. The Morgan fingerprint density at radius 2 is 2.00 bits per heavy atom. The van der Waals surface area contributed by atoms with Gasteiger partial charge in [0.25, 0.3) is 0 Å². The van der Waals surface area contributed by atoms with Gasteiger partial charge in [-0.1, -0.05) is 42.5 Å². The lowest BCUT2D eigenvalue weighted by atomic mass is 10.0. The van der Waals surface area contributed by atoms with Gasteiger partial charge in [-0.05, 0) is 34.6 Å². The van der Waals surface area contributed by atoms with Gasteiger partial charge in [-0.15, -0.1) is 0 Å². The second-order valence-corrected chi connectivity index (χ2v) is 5.05. The number of amides is 1. The summed E-state index contributed by atoms with van der Waals surface area (Å²) in [5, 5.41) is 8.02. The molecule has 2 rings (SSSR count). The van der Waals surface area contributed by atoms with Gasteiger partial charge >= 0.3 is 0 Å². The Morgan fingerprint density at radius 1 is 1.23 bits per heavy atom. The minimum Gasteiger partial charge on any atom is -0.383 e. The number of thiocarbonyl (C=S) groups is 1. The average molecular weight is 314 g/mol. The Bertz CT molecular complexity index is 693. The smallest absolute Gasteiger partial charge is 0.250 e. The molecule has 0 aliphatic heterocycles. The number of hydrogen-bond donors (Lipinski definition) is 2. The molecule has 0 heterocycles. The van der Waals surface area contributed by atoms with E-state index in [0.29, 0.717) is 18.3 Å². The van der Waals surface area contributed by atoms with Crippen LogP contribution in [0.3, 0.4) is 0 Å². The number of methoxy groups -OCH3 is 1. The van der Waals surface area contributed by atoms with Crippen molar-refractivity contribution in [2.24, 2.45) is 0 Å². The molecule has 0 fully saturated rings. The third-order valence-electron chi connectivity index (χ3n) is 3.07. The molecule has 0 saturated carbocycles. The first-order chi connectivity index (χ1) is 10.7. The lowest BCUT2D eigenvalue weighted by Gasteiger charge is -2.07. The highest BCUT2D eigenvalue weighted by molar-refractivity contribution is 7.80. The lowest BCUT2D eigenvalue weighted by Crippen LogP contribution is -2.39. The van der Waals surface area contributed by atoms with E-state index in [-0.39, 0.29) is 5.91 Å². The van der Waals surface area contributed by atoms with Crippen molar-refractivity contribution in [3.63, 3.8) is 0 Å². The minimum absolute atomic E-state index is 0.261. The first-order valence-electron chi connectivity index (χ1n) is 6.94. The van der Waals surface area contributed by atoms with Gasteiger partial charge in [0.15, 0.2) is 5.11 Å². The summed E-state index contributed by atoms with van der Waals surface area (Å²) in [6, 6.07) is 14.0. The van der Waals surface area contributed by atoms with Gasteiger partial charge in [0.05, 0.1) is 6.61 Å². The second kappa shape index (κ2) is 8.26. The Labute approximate surface area is 135 Å². The molecule has 0 atom stereocenters. The van der Waals surface area contributed by atoms with Crippen LogP contribution in [0.15, 0.2) is 48.5 Å². The number of ether oxygens (including phenoxy) is 1. The molecule has 0 aromatic heterocycles. The predicted molar refractivity (Wildman–Crippen MR) is 93.6 cm³/mol. The van der Waals surface area contributed by atoms with Crippen molar-refractivity contribution in [3.05, 3.63) is 54.1 Å². The maximum atomic E-state index is 11.8. The number of rotatable bonds is 5. The largest absolute Gasteiger partial charge is 0.383 e. The Kier molecular flexibility index (Phi) is 6.06. The summed E-state index contributed by atoms with van der Waals surface area (Å²) in [5.74, 6) is -0.261. The zero-order valence-electron chi connectivity index (χ0n) is 12.3. The monoisotopic (exact) mass is 314 g/mol. The molecular formula is C17H18N2O2S. The van der Waals surface area contributed by atoms with Crippen molar-refractivity contribution < 1.29 is 9.53 Å². The van der Waals surface area contributed by atoms with E-state index >= 15 is 0 Å². The van der Waals surface area contributed by atoms with Crippen molar-refractivity contribution in [1.29, 1.82) is 0 Å². The molecular weight excluding hydrogens is 296 g/mol. The lowest BCUT2D eigenvalue weighted by molar-refractivity contribution is -0.115. The highest BCUT2D eigenvalue weighted by Crippen LogP contribution is 2.19. The number of hydrogen-bond acceptors (Lipinski definition) is 3. The van der Waals surface area contributed by atoms with E-state index in [9.17, 15) is 4.79 Å². The Morgan fingerprint density at radius 3 is 2.82 bits per heavy atom. The molecule has 1 amide bonds. The van der Waals surface area contributed by atoms with Gasteiger partial charge in [-0.2, -0.15) is 0 Å². The summed E-state index contributed by atoms with van der Waals surface area (Å²) in [6.45, 7) is 1.09. The normalized spacial score (nSPS) is 10.8. The van der Waals surface area contributed by atoms with Gasteiger partial charge in [0, 0.05) is 19.7 Å². The summed E-state index contributed by atoms with van der Waals surface area (Å²) in [6.07, 6.45) is 3.27. The number of benzene rings is 2. The van der Waals surface area contributed by atoms with E-state index in [2.05, 4.69) is 10.6 Å². The highest BCUT2D eigenvalue weighted by Gasteiger charge is 2.01. The summed E-state index contributed by atoms with van der Waals surface area (Å²) in [7, 11) is 1.61. The number of fused-ring (bicyclic) bond motifs is 1. The highest BCUT2D eigenvalue weighted by atomic mass is 32.1. The number of carbonyl (C=O) groups is 1. The van der Waals surface area contributed by atoms with Crippen LogP contribution >= 0.6 is 12.2 Å². The van der Waals surface area contributed by atoms with E-state index in [1.807, 2.05) is 42.5 Å². The standard InChI is InChI=1S/C17H18N2O2S/c1-21-12-11-18-17(22)19-16(20)10-9-14-7-4-6-13-5-2-3-8-15(13)14/h2-10H,11-12H2,1H3,(H2,18,19,20,22). The molecule has 22 heavy (non-hydrogen) atoms. The van der Waals surface area contributed by atoms with Crippen LogP contribution in [0.4, 0.5) is 0 Å². The quantitative estimate of drug-likeness (QED) is 0.506. The minimum atomic E-state index is -0.261.